The Balaban J connectivity index is 1.86. The van der Waals surface area contributed by atoms with Gasteiger partial charge in [0.25, 0.3) is 0 Å². The van der Waals surface area contributed by atoms with Gasteiger partial charge in [0.15, 0.2) is 5.75 Å². The van der Waals surface area contributed by atoms with Crippen LogP contribution in [0.1, 0.15) is 44.1 Å². The van der Waals surface area contributed by atoms with E-state index < -0.39 is 4.92 Å². The lowest BCUT2D eigenvalue weighted by molar-refractivity contribution is -0.386. The van der Waals surface area contributed by atoms with E-state index in [1.807, 2.05) is 0 Å². The van der Waals surface area contributed by atoms with Gasteiger partial charge < -0.3 is 4.74 Å². The van der Waals surface area contributed by atoms with Gasteiger partial charge in [-0.25, -0.2) is 0 Å². The molecule has 1 spiro atoms. The summed E-state index contributed by atoms with van der Waals surface area (Å²) in [6.07, 6.45) is 5.14. The van der Waals surface area contributed by atoms with E-state index in [2.05, 4.69) is 0 Å². The molecule has 1 unspecified atom stereocenters. The van der Waals surface area contributed by atoms with Crippen molar-refractivity contribution in [2.45, 2.75) is 51.6 Å². The molecule has 0 N–H and O–H groups in total. The van der Waals surface area contributed by atoms with Crippen molar-refractivity contribution in [2.24, 2.45) is 5.41 Å². The molecular formula is C16H19NO4. The summed E-state index contributed by atoms with van der Waals surface area (Å²) in [7, 11) is 0. The number of nitro groups is 1. The van der Waals surface area contributed by atoms with E-state index in [9.17, 15) is 14.9 Å². The van der Waals surface area contributed by atoms with Gasteiger partial charge in [0, 0.05) is 12.0 Å². The quantitative estimate of drug-likeness (QED) is 0.630. The third-order valence-corrected chi connectivity index (χ3v) is 4.94. The maximum atomic E-state index is 12.1. The summed E-state index contributed by atoms with van der Waals surface area (Å²) in [6, 6.07) is 5.09. The number of para-hydroxylation sites is 1. The Hall–Kier alpha value is -1.91. The van der Waals surface area contributed by atoms with Crippen molar-refractivity contribution in [1.82, 2.24) is 0 Å². The van der Waals surface area contributed by atoms with Crippen LogP contribution in [0.4, 0.5) is 5.69 Å². The van der Waals surface area contributed by atoms with Crippen LogP contribution in [0.25, 0.3) is 0 Å². The number of carbonyl (C=O) groups excluding carboxylic acids is 1. The number of nitrogens with zero attached hydrogens (tertiary/aromatic N) is 1. The SMILES string of the molecule is Cc1cccc(OC2CC(=O)C23CCCCC3)c1[N+](=O)[O-]. The van der Waals surface area contributed by atoms with Gasteiger partial charge in [-0.05, 0) is 25.8 Å². The molecule has 0 heterocycles. The predicted octanol–water partition coefficient (Wildman–Crippen LogP) is 3.57. The number of ether oxygens (including phenoxy) is 1. The van der Waals surface area contributed by atoms with Crippen LogP contribution in [-0.2, 0) is 4.79 Å². The fourth-order valence-electron chi connectivity index (χ4n) is 3.67. The first kappa shape index (κ1) is 14.0. The maximum absolute atomic E-state index is 12.1. The molecule has 112 valence electrons. The Bertz CT molecular complexity index is 590. The second-order valence-corrected chi connectivity index (χ2v) is 6.13. The molecule has 5 heteroatoms. The molecule has 5 nitrogen and oxygen atoms in total. The summed E-state index contributed by atoms with van der Waals surface area (Å²) >= 11 is 0. The van der Waals surface area contributed by atoms with Crippen LogP contribution < -0.4 is 4.74 Å². The van der Waals surface area contributed by atoms with Crippen molar-refractivity contribution in [2.75, 3.05) is 0 Å². The molecule has 0 radical (unpaired) electrons. The number of hydrogen-bond acceptors (Lipinski definition) is 4. The van der Waals surface area contributed by atoms with Gasteiger partial charge in [-0.2, -0.15) is 0 Å². The maximum Gasteiger partial charge on any atom is 0.313 e. The molecule has 3 rings (SSSR count). The predicted molar refractivity (Wildman–Crippen MR) is 77.4 cm³/mol. The van der Waals surface area contributed by atoms with Crippen molar-refractivity contribution in [1.29, 1.82) is 0 Å². The van der Waals surface area contributed by atoms with Gasteiger partial charge in [-0.1, -0.05) is 31.4 Å². The van der Waals surface area contributed by atoms with E-state index in [0.717, 1.165) is 32.1 Å². The molecule has 2 aliphatic carbocycles. The van der Waals surface area contributed by atoms with E-state index in [0.29, 0.717) is 17.7 Å². The summed E-state index contributed by atoms with van der Waals surface area (Å²) in [4.78, 5) is 22.9. The number of rotatable bonds is 3. The molecule has 2 aliphatic rings. The first-order chi connectivity index (χ1) is 10.0. The Morgan fingerprint density at radius 1 is 1.29 bits per heavy atom. The van der Waals surface area contributed by atoms with Gasteiger partial charge in [0.1, 0.15) is 11.9 Å². The fourth-order valence-corrected chi connectivity index (χ4v) is 3.67. The van der Waals surface area contributed by atoms with Crippen LogP contribution in [-0.4, -0.2) is 16.8 Å². The Morgan fingerprint density at radius 3 is 2.62 bits per heavy atom. The van der Waals surface area contributed by atoms with Crippen molar-refractivity contribution >= 4 is 11.5 Å². The Morgan fingerprint density at radius 2 is 2.00 bits per heavy atom. The van der Waals surface area contributed by atoms with E-state index in [-0.39, 0.29) is 23.0 Å². The zero-order valence-electron chi connectivity index (χ0n) is 12.1. The van der Waals surface area contributed by atoms with Gasteiger partial charge in [0.05, 0.1) is 10.3 Å². The van der Waals surface area contributed by atoms with Crippen molar-refractivity contribution in [3.8, 4) is 5.75 Å². The molecular weight excluding hydrogens is 270 g/mol. The van der Waals surface area contributed by atoms with Gasteiger partial charge >= 0.3 is 5.69 Å². The third kappa shape index (κ3) is 2.20. The minimum atomic E-state index is -0.404. The largest absolute Gasteiger partial charge is 0.482 e. The Labute approximate surface area is 123 Å². The fraction of sp³-hybridized carbons (Fsp3) is 0.562. The second-order valence-electron chi connectivity index (χ2n) is 6.13. The van der Waals surface area contributed by atoms with Crippen LogP contribution >= 0.6 is 0 Å². The van der Waals surface area contributed by atoms with E-state index in [1.54, 1.807) is 25.1 Å². The minimum Gasteiger partial charge on any atom is -0.482 e. The highest BCUT2D eigenvalue weighted by Gasteiger charge is 2.56. The smallest absolute Gasteiger partial charge is 0.313 e. The van der Waals surface area contributed by atoms with Gasteiger partial charge in [-0.15, -0.1) is 0 Å². The topological polar surface area (TPSA) is 69.4 Å². The molecule has 0 amide bonds. The number of hydrogen-bond donors (Lipinski definition) is 0. The standard InChI is InChI=1S/C16H19NO4/c1-11-6-5-7-12(15(11)17(19)20)21-14-10-13(18)16(14)8-3-2-4-9-16/h5-7,14H,2-4,8-10H2,1H3. The number of aryl methyl sites for hydroxylation is 1. The molecule has 0 bridgehead atoms. The molecule has 0 aromatic heterocycles. The third-order valence-electron chi connectivity index (χ3n) is 4.94. The van der Waals surface area contributed by atoms with Crippen LogP contribution in [0.3, 0.4) is 0 Å². The number of nitro benzene ring substituents is 1. The molecule has 2 saturated carbocycles. The van der Waals surface area contributed by atoms with Crippen molar-refractivity contribution in [3.63, 3.8) is 0 Å². The second kappa shape index (κ2) is 5.13. The van der Waals surface area contributed by atoms with E-state index >= 15 is 0 Å². The highest BCUT2D eigenvalue weighted by atomic mass is 16.6. The first-order valence-corrected chi connectivity index (χ1v) is 7.48. The summed E-state index contributed by atoms with van der Waals surface area (Å²) in [5, 5.41) is 11.2. The van der Waals surface area contributed by atoms with Gasteiger partial charge in [-0.3, -0.25) is 14.9 Å². The summed E-state index contributed by atoms with van der Waals surface area (Å²) < 4.78 is 5.92. The number of benzene rings is 1. The zero-order chi connectivity index (χ0) is 15.0. The normalized spacial score (nSPS) is 23.7. The van der Waals surface area contributed by atoms with Crippen LogP contribution in [0.5, 0.6) is 5.75 Å². The highest BCUT2D eigenvalue weighted by molar-refractivity contribution is 5.92. The molecule has 1 atom stereocenters. The summed E-state index contributed by atoms with van der Waals surface area (Å²) in [5.41, 5.74) is 0.222. The summed E-state index contributed by atoms with van der Waals surface area (Å²) in [5.74, 6) is 0.560. The summed E-state index contributed by atoms with van der Waals surface area (Å²) in [6.45, 7) is 1.70. The molecule has 21 heavy (non-hydrogen) atoms. The lowest BCUT2D eigenvalue weighted by Crippen LogP contribution is -2.57. The van der Waals surface area contributed by atoms with Crippen LogP contribution in [0, 0.1) is 22.5 Å². The first-order valence-electron chi connectivity index (χ1n) is 7.48. The zero-order valence-corrected chi connectivity index (χ0v) is 12.1. The monoisotopic (exact) mass is 289 g/mol. The minimum absolute atomic E-state index is 0.0165. The molecule has 0 aliphatic heterocycles. The van der Waals surface area contributed by atoms with Crippen LogP contribution in [0.15, 0.2) is 18.2 Å². The molecule has 1 aromatic carbocycles. The Kier molecular flexibility index (Phi) is 3.43. The van der Waals surface area contributed by atoms with Crippen molar-refractivity contribution < 1.29 is 14.5 Å². The number of Topliss-reactive ketones (excluding diaryl/α,β-unsaturated/α-hetero) is 1. The van der Waals surface area contributed by atoms with E-state index in [1.165, 1.54) is 0 Å². The lowest BCUT2D eigenvalue weighted by Gasteiger charge is -2.49. The molecule has 0 saturated heterocycles. The van der Waals surface area contributed by atoms with Crippen molar-refractivity contribution in [3.05, 3.63) is 33.9 Å². The number of carbonyl (C=O) groups is 1. The number of ketones is 1. The van der Waals surface area contributed by atoms with E-state index in [4.69, 9.17) is 4.74 Å². The molecule has 1 aromatic rings. The lowest BCUT2D eigenvalue weighted by atomic mass is 9.57. The average molecular weight is 289 g/mol. The van der Waals surface area contributed by atoms with Crippen LogP contribution in [0.2, 0.25) is 0 Å². The van der Waals surface area contributed by atoms with Gasteiger partial charge in [0.2, 0.25) is 0 Å². The average Bonchev–Trinajstić information content (AvgIpc) is 2.47. The highest BCUT2D eigenvalue weighted by Crippen LogP contribution is 2.51. The molecule has 2 fully saturated rings.